The summed E-state index contributed by atoms with van der Waals surface area (Å²) in [6.45, 7) is 2.20. The van der Waals surface area contributed by atoms with Crippen molar-refractivity contribution in [2.75, 3.05) is 12.4 Å². The van der Waals surface area contributed by atoms with Gasteiger partial charge in [0.2, 0.25) is 0 Å². The van der Waals surface area contributed by atoms with Crippen molar-refractivity contribution in [1.82, 2.24) is 9.97 Å². The van der Waals surface area contributed by atoms with Gasteiger partial charge in [0, 0.05) is 13.0 Å². The van der Waals surface area contributed by atoms with Crippen LogP contribution in [0.5, 0.6) is 0 Å². The topological polar surface area (TPSA) is 37.8 Å². The largest absolute Gasteiger partial charge is 0.372 e. The minimum absolute atomic E-state index is 0.348. The van der Waals surface area contributed by atoms with Crippen LogP contribution in [0.4, 0.5) is 5.82 Å². The van der Waals surface area contributed by atoms with E-state index in [0.29, 0.717) is 5.92 Å². The van der Waals surface area contributed by atoms with Crippen LogP contribution in [0.25, 0.3) is 0 Å². The molecule has 0 radical (unpaired) electrons. The third kappa shape index (κ3) is 2.78. The second kappa shape index (κ2) is 6.30. The molecule has 1 aliphatic rings. The van der Waals surface area contributed by atoms with Crippen LogP contribution < -0.4 is 5.32 Å². The van der Waals surface area contributed by atoms with E-state index in [9.17, 15) is 0 Å². The molecule has 0 spiro atoms. The predicted octanol–water partition coefficient (Wildman–Crippen LogP) is 4.15. The molecule has 1 aliphatic carbocycles. The van der Waals surface area contributed by atoms with Gasteiger partial charge in [-0.2, -0.15) is 0 Å². The van der Waals surface area contributed by atoms with Crippen molar-refractivity contribution in [3.63, 3.8) is 0 Å². The lowest BCUT2D eigenvalue weighted by Crippen LogP contribution is -2.11. The van der Waals surface area contributed by atoms with Crippen molar-refractivity contribution >= 4 is 28.4 Å². The monoisotopic (exact) mass is 393 g/mol. The molecule has 3 nitrogen and oxygen atoms in total. The van der Waals surface area contributed by atoms with Gasteiger partial charge in [-0.1, -0.05) is 37.6 Å². The second-order valence-electron chi connectivity index (χ2n) is 5.48. The molecule has 1 unspecified atom stereocenters. The highest BCUT2D eigenvalue weighted by atomic mass is 127. The molecule has 0 amide bonds. The van der Waals surface area contributed by atoms with Crippen LogP contribution >= 0.6 is 22.6 Å². The molecule has 0 aliphatic heterocycles. The smallest absolute Gasteiger partial charge is 0.143 e. The van der Waals surface area contributed by atoms with Crippen LogP contribution in [-0.4, -0.2) is 17.0 Å². The Morgan fingerprint density at radius 2 is 2.10 bits per heavy atom. The van der Waals surface area contributed by atoms with Gasteiger partial charge in [0.1, 0.15) is 11.6 Å². The van der Waals surface area contributed by atoms with Crippen LogP contribution in [0, 0.1) is 3.57 Å². The highest BCUT2D eigenvalue weighted by Crippen LogP contribution is 2.37. The number of anilines is 1. The predicted molar refractivity (Wildman–Crippen MR) is 94.9 cm³/mol. The Bertz CT molecular complexity index is 654. The van der Waals surface area contributed by atoms with E-state index in [-0.39, 0.29) is 0 Å². The van der Waals surface area contributed by atoms with E-state index in [1.165, 1.54) is 16.8 Å². The van der Waals surface area contributed by atoms with Gasteiger partial charge < -0.3 is 5.32 Å². The molecule has 0 bridgehead atoms. The lowest BCUT2D eigenvalue weighted by Gasteiger charge is -2.15. The number of nitrogens with one attached hydrogen (secondary N) is 1. The van der Waals surface area contributed by atoms with Crippen molar-refractivity contribution in [3.05, 3.63) is 50.5 Å². The molecular weight excluding hydrogens is 373 g/mol. The summed E-state index contributed by atoms with van der Waals surface area (Å²) in [4.78, 5) is 9.68. The van der Waals surface area contributed by atoms with Gasteiger partial charge in [0.25, 0.3) is 0 Å². The number of hydrogen-bond donors (Lipinski definition) is 1. The van der Waals surface area contributed by atoms with E-state index in [2.05, 4.69) is 59.1 Å². The first-order chi connectivity index (χ1) is 10.2. The maximum Gasteiger partial charge on any atom is 0.143 e. The van der Waals surface area contributed by atoms with E-state index in [4.69, 9.17) is 9.97 Å². The fourth-order valence-corrected chi connectivity index (χ4v) is 3.84. The number of rotatable bonds is 4. The SMILES string of the molecule is CCCc1nc(C2CCc3ccccc32)nc(NC)c1I. The van der Waals surface area contributed by atoms with Crippen LogP contribution in [0.15, 0.2) is 24.3 Å². The quantitative estimate of drug-likeness (QED) is 0.793. The summed E-state index contributed by atoms with van der Waals surface area (Å²) >= 11 is 2.36. The van der Waals surface area contributed by atoms with E-state index in [1.54, 1.807) is 0 Å². The van der Waals surface area contributed by atoms with E-state index >= 15 is 0 Å². The van der Waals surface area contributed by atoms with Crippen molar-refractivity contribution in [1.29, 1.82) is 0 Å². The Morgan fingerprint density at radius 3 is 2.86 bits per heavy atom. The molecule has 1 heterocycles. The zero-order valence-electron chi connectivity index (χ0n) is 12.5. The normalized spacial score (nSPS) is 16.8. The molecule has 21 heavy (non-hydrogen) atoms. The maximum absolute atomic E-state index is 4.89. The number of hydrogen-bond acceptors (Lipinski definition) is 3. The Kier molecular flexibility index (Phi) is 4.42. The molecule has 1 atom stereocenters. The summed E-state index contributed by atoms with van der Waals surface area (Å²) in [6.07, 6.45) is 4.37. The Labute approximate surface area is 139 Å². The van der Waals surface area contributed by atoms with E-state index < -0.39 is 0 Å². The number of aromatic nitrogens is 2. The molecular formula is C17H20IN3. The number of fused-ring (bicyclic) bond motifs is 1. The Hall–Kier alpha value is -1.17. The van der Waals surface area contributed by atoms with Crippen LogP contribution in [0.3, 0.4) is 0 Å². The third-order valence-corrected chi connectivity index (χ3v) is 5.24. The highest BCUT2D eigenvalue weighted by molar-refractivity contribution is 14.1. The summed E-state index contributed by atoms with van der Waals surface area (Å²) < 4.78 is 1.16. The van der Waals surface area contributed by atoms with Gasteiger partial charge >= 0.3 is 0 Å². The second-order valence-corrected chi connectivity index (χ2v) is 6.56. The zero-order chi connectivity index (χ0) is 14.8. The lowest BCUT2D eigenvalue weighted by atomic mass is 10.0. The Balaban J connectivity index is 2.05. The lowest BCUT2D eigenvalue weighted by molar-refractivity contribution is 0.712. The molecule has 0 saturated heterocycles. The van der Waals surface area contributed by atoms with Gasteiger partial charge in [-0.15, -0.1) is 0 Å². The summed E-state index contributed by atoms with van der Waals surface area (Å²) in [5.74, 6) is 2.29. The van der Waals surface area contributed by atoms with E-state index in [1.807, 2.05) is 7.05 Å². The Morgan fingerprint density at radius 1 is 1.29 bits per heavy atom. The first kappa shape index (κ1) is 14.8. The summed E-state index contributed by atoms with van der Waals surface area (Å²) in [5, 5.41) is 3.22. The van der Waals surface area contributed by atoms with Crippen LogP contribution in [-0.2, 0) is 12.8 Å². The summed E-state index contributed by atoms with van der Waals surface area (Å²) in [6, 6.07) is 8.70. The van der Waals surface area contributed by atoms with Crippen molar-refractivity contribution in [3.8, 4) is 0 Å². The van der Waals surface area contributed by atoms with Gasteiger partial charge in [-0.25, -0.2) is 9.97 Å². The van der Waals surface area contributed by atoms with Gasteiger partial charge in [0.15, 0.2) is 0 Å². The zero-order valence-corrected chi connectivity index (χ0v) is 14.6. The molecule has 3 rings (SSSR count). The van der Waals surface area contributed by atoms with Gasteiger partial charge in [-0.05, 0) is 53.0 Å². The maximum atomic E-state index is 4.89. The first-order valence-electron chi connectivity index (χ1n) is 7.56. The molecule has 1 aromatic heterocycles. The number of aryl methyl sites for hydroxylation is 2. The molecule has 2 aromatic rings. The van der Waals surface area contributed by atoms with Crippen LogP contribution in [0.2, 0.25) is 0 Å². The summed E-state index contributed by atoms with van der Waals surface area (Å²) in [5.41, 5.74) is 4.03. The minimum Gasteiger partial charge on any atom is -0.372 e. The summed E-state index contributed by atoms with van der Waals surface area (Å²) in [7, 11) is 1.94. The third-order valence-electron chi connectivity index (χ3n) is 4.11. The molecule has 4 heteroatoms. The van der Waals surface area contributed by atoms with Gasteiger partial charge in [-0.3, -0.25) is 0 Å². The molecule has 0 fully saturated rings. The molecule has 110 valence electrons. The molecule has 1 aromatic carbocycles. The minimum atomic E-state index is 0.348. The van der Waals surface area contributed by atoms with Crippen LogP contribution in [0.1, 0.15) is 48.3 Å². The number of benzene rings is 1. The standard InChI is InChI=1S/C17H20IN3/c1-3-6-14-15(18)17(19-2)21-16(20-14)13-10-9-11-7-4-5-8-12(11)13/h4-5,7-8,13H,3,6,9-10H2,1-2H3,(H,19,20,21). The first-order valence-corrected chi connectivity index (χ1v) is 8.64. The van der Waals surface area contributed by atoms with Crippen molar-refractivity contribution in [2.45, 2.75) is 38.5 Å². The fraction of sp³-hybridized carbons (Fsp3) is 0.412. The molecule has 1 N–H and O–H groups in total. The fourth-order valence-electron chi connectivity index (χ4n) is 3.06. The van der Waals surface area contributed by atoms with Crippen molar-refractivity contribution < 1.29 is 0 Å². The number of nitrogens with zero attached hydrogens (tertiary/aromatic N) is 2. The number of halogens is 1. The van der Waals surface area contributed by atoms with Crippen molar-refractivity contribution in [2.24, 2.45) is 0 Å². The van der Waals surface area contributed by atoms with Gasteiger partial charge in [0.05, 0.1) is 9.26 Å². The molecule has 0 saturated carbocycles. The highest BCUT2D eigenvalue weighted by Gasteiger charge is 2.27. The average Bonchev–Trinajstić information content (AvgIpc) is 2.93. The van der Waals surface area contributed by atoms with E-state index in [0.717, 1.165) is 40.9 Å². The average molecular weight is 393 g/mol.